The number of likely N-dealkylation sites (tertiary alicyclic amines) is 1. The lowest BCUT2D eigenvalue weighted by Gasteiger charge is -2.15. The Bertz CT molecular complexity index is 840. The van der Waals surface area contributed by atoms with Crippen LogP contribution in [0.3, 0.4) is 0 Å². The first-order valence-corrected chi connectivity index (χ1v) is 7.80. The Balaban J connectivity index is 1.48. The van der Waals surface area contributed by atoms with Crippen LogP contribution in [0.1, 0.15) is 23.0 Å². The molecule has 1 aliphatic rings. The number of amides is 1. The van der Waals surface area contributed by atoms with Gasteiger partial charge in [0.25, 0.3) is 5.91 Å². The number of carbonyl (C=O) groups is 1. The van der Waals surface area contributed by atoms with Crippen LogP contribution in [0.15, 0.2) is 48.9 Å². The van der Waals surface area contributed by atoms with Crippen molar-refractivity contribution in [3.8, 4) is 11.1 Å². The Kier molecular flexibility index (Phi) is 3.60. The van der Waals surface area contributed by atoms with E-state index in [-0.39, 0.29) is 17.8 Å². The van der Waals surface area contributed by atoms with E-state index in [0.717, 1.165) is 17.5 Å². The van der Waals surface area contributed by atoms with Gasteiger partial charge in [-0.05, 0) is 35.7 Å². The van der Waals surface area contributed by atoms with Crippen LogP contribution in [-0.2, 0) is 0 Å². The van der Waals surface area contributed by atoms with Gasteiger partial charge in [0, 0.05) is 19.3 Å². The standard InChI is InChI=1S/C17H16FN5O/c18-14-3-1-12(2-4-14)13-9-16(19-10-13)17(24)22-8-5-15(11-22)23-20-6-7-21-23/h1-4,6-7,9-10,15,19H,5,8,11H2. The fourth-order valence-electron chi connectivity index (χ4n) is 3.03. The van der Waals surface area contributed by atoms with Crippen LogP contribution in [0.5, 0.6) is 0 Å². The third kappa shape index (κ3) is 2.68. The summed E-state index contributed by atoms with van der Waals surface area (Å²) in [5.41, 5.74) is 2.26. The fraction of sp³-hybridized carbons (Fsp3) is 0.235. The minimum Gasteiger partial charge on any atom is -0.357 e. The van der Waals surface area contributed by atoms with Crippen molar-refractivity contribution in [1.82, 2.24) is 24.9 Å². The Morgan fingerprint density at radius 2 is 1.92 bits per heavy atom. The Hall–Kier alpha value is -2.96. The number of aromatic nitrogens is 4. The van der Waals surface area contributed by atoms with Crippen LogP contribution in [0, 0.1) is 5.82 Å². The summed E-state index contributed by atoms with van der Waals surface area (Å²) >= 11 is 0. The highest BCUT2D eigenvalue weighted by atomic mass is 19.1. The zero-order valence-electron chi connectivity index (χ0n) is 12.9. The highest BCUT2D eigenvalue weighted by Gasteiger charge is 2.29. The van der Waals surface area contributed by atoms with E-state index in [9.17, 15) is 9.18 Å². The predicted molar refractivity (Wildman–Crippen MR) is 85.8 cm³/mol. The molecule has 1 N–H and O–H groups in total. The largest absolute Gasteiger partial charge is 0.357 e. The number of benzene rings is 1. The average molecular weight is 325 g/mol. The van der Waals surface area contributed by atoms with E-state index in [1.54, 1.807) is 46.5 Å². The number of H-pyrrole nitrogens is 1. The van der Waals surface area contributed by atoms with Gasteiger partial charge in [0.15, 0.2) is 0 Å². The van der Waals surface area contributed by atoms with E-state index in [0.29, 0.717) is 18.8 Å². The van der Waals surface area contributed by atoms with Crippen molar-refractivity contribution in [3.63, 3.8) is 0 Å². The van der Waals surface area contributed by atoms with Gasteiger partial charge in [-0.15, -0.1) is 0 Å². The van der Waals surface area contributed by atoms with Crippen LogP contribution in [-0.4, -0.2) is 43.9 Å². The van der Waals surface area contributed by atoms with E-state index in [4.69, 9.17) is 0 Å². The molecule has 1 aliphatic heterocycles. The number of carbonyl (C=O) groups excluding carboxylic acids is 1. The molecule has 1 unspecified atom stereocenters. The molecule has 0 spiro atoms. The summed E-state index contributed by atoms with van der Waals surface area (Å²) in [7, 11) is 0. The van der Waals surface area contributed by atoms with Gasteiger partial charge in [0.2, 0.25) is 0 Å². The monoisotopic (exact) mass is 325 g/mol. The summed E-state index contributed by atoms with van der Waals surface area (Å²) in [6, 6.07) is 8.13. The number of nitrogens with one attached hydrogen (secondary N) is 1. The molecule has 24 heavy (non-hydrogen) atoms. The average Bonchev–Trinajstić information content (AvgIpc) is 3.34. The zero-order valence-corrected chi connectivity index (χ0v) is 12.9. The number of hydrogen-bond acceptors (Lipinski definition) is 3. The van der Waals surface area contributed by atoms with E-state index in [2.05, 4.69) is 15.2 Å². The second kappa shape index (κ2) is 5.92. The molecule has 1 aromatic carbocycles. The van der Waals surface area contributed by atoms with Crippen molar-refractivity contribution in [1.29, 1.82) is 0 Å². The van der Waals surface area contributed by atoms with Crippen LogP contribution < -0.4 is 0 Å². The van der Waals surface area contributed by atoms with E-state index < -0.39 is 0 Å². The van der Waals surface area contributed by atoms with Crippen LogP contribution in [0.25, 0.3) is 11.1 Å². The van der Waals surface area contributed by atoms with Gasteiger partial charge in [-0.3, -0.25) is 4.79 Å². The molecule has 3 aromatic rings. The maximum absolute atomic E-state index is 13.0. The normalized spacial score (nSPS) is 17.4. The second-order valence-electron chi connectivity index (χ2n) is 5.85. The van der Waals surface area contributed by atoms with Crippen molar-refractivity contribution in [2.75, 3.05) is 13.1 Å². The number of nitrogens with zero attached hydrogens (tertiary/aromatic N) is 4. The van der Waals surface area contributed by atoms with Gasteiger partial charge in [0.05, 0.1) is 18.4 Å². The molecule has 2 aromatic heterocycles. The third-order valence-corrected chi connectivity index (χ3v) is 4.30. The van der Waals surface area contributed by atoms with Crippen LogP contribution in [0.4, 0.5) is 4.39 Å². The molecule has 0 aliphatic carbocycles. The SMILES string of the molecule is O=C(c1cc(-c2ccc(F)cc2)c[nH]1)N1CCC(n2nccn2)C1. The number of hydrogen-bond donors (Lipinski definition) is 1. The molecule has 0 radical (unpaired) electrons. The summed E-state index contributed by atoms with van der Waals surface area (Å²) < 4.78 is 13.0. The first-order chi connectivity index (χ1) is 11.7. The minimum atomic E-state index is -0.277. The molecular weight excluding hydrogens is 309 g/mol. The first-order valence-electron chi connectivity index (χ1n) is 7.80. The van der Waals surface area contributed by atoms with Crippen molar-refractivity contribution >= 4 is 5.91 Å². The molecule has 4 rings (SSSR count). The van der Waals surface area contributed by atoms with Gasteiger partial charge in [-0.2, -0.15) is 15.0 Å². The van der Waals surface area contributed by atoms with Crippen LogP contribution >= 0.6 is 0 Å². The summed E-state index contributed by atoms with van der Waals surface area (Å²) in [6.07, 6.45) is 5.89. The maximum atomic E-state index is 13.0. The van der Waals surface area contributed by atoms with Crippen molar-refractivity contribution in [3.05, 3.63) is 60.4 Å². The Labute approximate surface area is 137 Å². The van der Waals surface area contributed by atoms with E-state index >= 15 is 0 Å². The van der Waals surface area contributed by atoms with E-state index in [1.807, 2.05) is 0 Å². The van der Waals surface area contributed by atoms with E-state index in [1.165, 1.54) is 12.1 Å². The first kappa shape index (κ1) is 14.6. The molecule has 1 fully saturated rings. The quantitative estimate of drug-likeness (QED) is 0.804. The lowest BCUT2D eigenvalue weighted by molar-refractivity contribution is 0.0781. The maximum Gasteiger partial charge on any atom is 0.270 e. The smallest absolute Gasteiger partial charge is 0.270 e. The predicted octanol–water partition coefficient (Wildman–Crippen LogP) is 2.50. The zero-order chi connectivity index (χ0) is 16.5. The molecule has 0 bridgehead atoms. The van der Waals surface area contributed by atoms with Gasteiger partial charge < -0.3 is 9.88 Å². The van der Waals surface area contributed by atoms with Gasteiger partial charge in [-0.1, -0.05) is 12.1 Å². The molecule has 6 nitrogen and oxygen atoms in total. The molecule has 0 saturated carbocycles. The highest BCUT2D eigenvalue weighted by molar-refractivity contribution is 5.94. The lowest BCUT2D eigenvalue weighted by atomic mass is 10.1. The summed E-state index contributed by atoms with van der Waals surface area (Å²) in [5, 5.41) is 8.29. The van der Waals surface area contributed by atoms with Crippen molar-refractivity contribution in [2.45, 2.75) is 12.5 Å². The topological polar surface area (TPSA) is 66.8 Å². The fourth-order valence-corrected chi connectivity index (χ4v) is 3.03. The van der Waals surface area contributed by atoms with Crippen LogP contribution in [0.2, 0.25) is 0 Å². The molecule has 7 heteroatoms. The molecule has 1 atom stereocenters. The summed E-state index contributed by atoms with van der Waals surface area (Å²) in [4.78, 5) is 19.1. The van der Waals surface area contributed by atoms with Crippen molar-refractivity contribution in [2.24, 2.45) is 0 Å². The molecule has 122 valence electrons. The number of aromatic amines is 1. The summed E-state index contributed by atoms with van der Waals surface area (Å²) in [5.74, 6) is -0.320. The highest BCUT2D eigenvalue weighted by Crippen LogP contribution is 2.24. The van der Waals surface area contributed by atoms with Crippen molar-refractivity contribution < 1.29 is 9.18 Å². The second-order valence-corrected chi connectivity index (χ2v) is 5.85. The third-order valence-electron chi connectivity index (χ3n) is 4.30. The lowest BCUT2D eigenvalue weighted by Crippen LogP contribution is -2.29. The van der Waals surface area contributed by atoms with Gasteiger partial charge in [-0.25, -0.2) is 4.39 Å². The summed E-state index contributed by atoms with van der Waals surface area (Å²) in [6.45, 7) is 1.27. The molecule has 1 amide bonds. The van der Waals surface area contributed by atoms with Gasteiger partial charge >= 0.3 is 0 Å². The number of halogens is 1. The molecule has 3 heterocycles. The minimum absolute atomic E-state index is 0.0435. The Morgan fingerprint density at radius 1 is 1.17 bits per heavy atom. The van der Waals surface area contributed by atoms with Gasteiger partial charge in [0.1, 0.15) is 11.5 Å². The molecule has 1 saturated heterocycles. The molecular formula is C17H16FN5O. The number of rotatable bonds is 3. The Morgan fingerprint density at radius 3 is 2.67 bits per heavy atom.